The van der Waals surface area contributed by atoms with Gasteiger partial charge in [0.25, 0.3) is 0 Å². The van der Waals surface area contributed by atoms with E-state index < -0.39 is 6.61 Å². The first-order chi connectivity index (χ1) is 12.6. The molecule has 0 fully saturated rings. The van der Waals surface area contributed by atoms with Crippen molar-refractivity contribution in [1.82, 2.24) is 30.0 Å². The van der Waals surface area contributed by atoms with Crippen LogP contribution in [0, 0.1) is 0 Å². The number of nitrogens with zero attached hydrogens (tertiary/aromatic N) is 4. The second kappa shape index (κ2) is 6.12. The molecule has 1 amide bonds. The van der Waals surface area contributed by atoms with E-state index in [1.54, 1.807) is 13.2 Å². The molecule has 1 aromatic carbocycles. The number of anilines is 1. The summed E-state index contributed by atoms with van der Waals surface area (Å²) in [6.45, 7) is -0.306. The number of nitrogens with two attached hydrogens (primary N) is 1. The van der Waals surface area contributed by atoms with Gasteiger partial charge in [0.2, 0.25) is 5.91 Å². The van der Waals surface area contributed by atoms with Crippen molar-refractivity contribution in [1.29, 1.82) is 0 Å². The number of rotatable bonds is 4. The fourth-order valence-corrected chi connectivity index (χ4v) is 2.91. The molecule has 0 saturated heterocycles. The molecule has 26 heavy (non-hydrogen) atoms. The minimum atomic E-state index is -0.542. The number of aromatic amines is 2. The molecular weight excluding hydrogens is 334 g/mol. The molecule has 0 aliphatic carbocycles. The standard InChI is InChI=1S/C17H17N7O2/c1-24(14(26)8-25)7-13-21-15-10-3-2-9(11-4-5-19-23-11)6-12(10)20-17(18)16(15)22-13/h2-6,25H,7-8H2,1H3,(H2,18,20)(H,19,23)(H,21,22). The fourth-order valence-electron chi connectivity index (χ4n) is 2.91. The van der Waals surface area contributed by atoms with Gasteiger partial charge < -0.3 is 20.7 Å². The first kappa shape index (κ1) is 16.0. The summed E-state index contributed by atoms with van der Waals surface area (Å²) < 4.78 is 0. The summed E-state index contributed by atoms with van der Waals surface area (Å²) in [4.78, 5) is 25.1. The highest BCUT2D eigenvalue weighted by Crippen LogP contribution is 2.29. The number of carbonyl (C=O) groups is 1. The predicted octanol–water partition coefficient (Wildman–Crippen LogP) is 1.03. The van der Waals surface area contributed by atoms with Crippen molar-refractivity contribution in [2.75, 3.05) is 19.4 Å². The zero-order chi connectivity index (χ0) is 18.3. The Bertz CT molecular complexity index is 1100. The maximum Gasteiger partial charge on any atom is 0.248 e. The Morgan fingerprint density at radius 1 is 1.31 bits per heavy atom. The Kier molecular flexibility index (Phi) is 3.77. The molecule has 3 aromatic heterocycles. The number of nitrogens with one attached hydrogen (secondary N) is 2. The van der Waals surface area contributed by atoms with Gasteiger partial charge in [0, 0.05) is 24.2 Å². The summed E-state index contributed by atoms with van der Waals surface area (Å²) in [7, 11) is 1.60. The van der Waals surface area contributed by atoms with Crippen LogP contribution in [0.1, 0.15) is 5.82 Å². The molecule has 5 N–H and O–H groups in total. The van der Waals surface area contributed by atoms with E-state index in [2.05, 4.69) is 25.1 Å². The van der Waals surface area contributed by atoms with E-state index in [1.807, 2.05) is 24.3 Å². The van der Waals surface area contributed by atoms with E-state index in [0.717, 1.165) is 27.7 Å². The number of pyridine rings is 1. The number of imidazole rings is 1. The number of H-pyrrole nitrogens is 2. The summed E-state index contributed by atoms with van der Waals surface area (Å²) in [5, 5.41) is 16.8. The van der Waals surface area contributed by atoms with Gasteiger partial charge in [-0.25, -0.2) is 9.97 Å². The molecule has 0 unspecified atom stereocenters. The number of aromatic nitrogens is 5. The third-order valence-electron chi connectivity index (χ3n) is 4.25. The van der Waals surface area contributed by atoms with Crippen LogP contribution in [0.5, 0.6) is 0 Å². The molecule has 132 valence electrons. The lowest BCUT2D eigenvalue weighted by Gasteiger charge is -2.13. The Balaban J connectivity index is 1.80. The number of hydrogen-bond acceptors (Lipinski definition) is 6. The van der Waals surface area contributed by atoms with Crippen LogP contribution in [0.2, 0.25) is 0 Å². The average molecular weight is 351 g/mol. The van der Waals surface area contributed by atoms with Crippen LogP contribution in [-0.4, -0.2) is 54.7 Å². The van der Waals surface area contributed by atoms with E-state index >= 15 is 0 Å². The van der Waals surface area contributed by atoms with Crippen LogP contribution >= 0.6 is 0 Å². The lowest BCUT2D eigenvalue weighted by Crippen LogP contribution is -2.29. The van der Waals surface area contributed by atoms with E-state index in [4.69, 9.17) is 10.8 Å². The molecule has 0 bridgehead atoms. The van der Waals surface area contributed by atoms with Gasteiger partial charge in [0.05, 0.1) is 23.3 Å². The van der Waals surface area contributed by atoms with Gasteiger partial charge in [0.15, 0.2) is 5.82 Å². The van der Waals surface area contributed by atoms with Crippen LogP contribution in [0.25, 0.3) is 33.2 Å². The van der Waals surface area contributed by atoms with Crippen molar-refractivity contribution in [3.8, 4) is 11.3 Å². The van der Waals surface area contributed by atoms with E-state index in [1.165, 1.54) is 4.90 Å². The number of fused-ring (bicyclic) bond motifs is 3. The van der Waals surface area contributed by atoms with Crippen LogP contribution in [0.4, 0.5) is 5.82 Å². The molecule has 0 spiro atoms. The van der Waals surface area contributed by atoms with Crippen LogP contribution < -0.4 is 5.73 Å². The minimum absolute atomic E-state index is 0.236. The number of aliphatic hydroxyl groups excluding tert-OH is 1. The van der Waals surface area contributed by atoms with Crippen LogP contribution in [-0.2, 0) is 11.3 Å². The summed E-state index contributed by atoms with van der Waals surface area (Å²) >= 11 is 0. The maximum atomic E-state index is 11.5. The normalized spacial score (nSPS) is 11.3. The van der Waals surface area contributed by atoms with E-state index in [-0.39, 0.29) is 12.5 Å². The van der Waals surface area contributed by atoms with Gasteiger partial charge in [-0.15, -0.1) is 0 Å². The Labute approximate surface area is 147 Å². The molecule has 0 atom stereocenters. The number of nitrogen functional groups attached to an aromatic ring is 1. The first-order valence-electron chi connectivity index (χ1n) is 7.99. The lowest BCUT2D eigenvalue weighted by molar-refractivity contribution is -0.133. The Morgan fingerprint density at radius 3 is 2.88 bits per heavy atom. The monoisotopic (exact) mass is 351 g/mol. The second-order valence-electron chi connectivity index (χ2n) is 6.00. The minimum Gasteiger partial charge on any atom is -0.387 e. The number of hydrogen-bond donors (Lipinski definition) is 4. The van der Waals surface area contributed by atoms with Crippen molar-refractivity contribution in [2.45, 2.75) is 6.54 Å². The lowest BCUT2D eigenvalue weighted by atomic mass is 10.1. The summed E-state index contributed by atoms with van der Waals surface area (Å²) in [6.07, 6.45) is 1.76. The highest BCUT2D eigenvalue weighted by molar-refractivity contribution is 6.07. The van der Waals surface area contributed by atoms with Crippen LogP contribution in [0.3, 0.4) is 0 Å². The SMILES string of the molecule is CN(Cc1nc2c(N)nc3cc(-c4cc[nH]n4)ccc3c2[nH]1)C(=O)CO. The van der Waals surface area contributed by atoms with Gasteiger partial charge in [-0.1, -0.05) is 6.07 Å². The molecule has 0 radical (unpaired) electrons. The summed E-state index contributed by atoms with van der Waals surface area (Å²) in [5.41, 5.74) is 9.89. The Hall–Kier alpha value is -3.46. The second-order valence-corrected chi connectivity index (χ2v) is 6.00. The molecule has 9 heteroatoms. The average Bonchev–Trinajstić information content (AvgIpc) is 3.30. The van der Waals surface area contributed by atoms with E-state index in [0.29, 0.717) is 17.2 Å². The number of likely N-dealkylation sites (N-methyl/N-ethyl adjacent to an activating group) is 1. The largest absolute Gasteiger partial charge is 0.387 e. The molecule has 0 aliphatic rings. The summed E-state index contributed by atoms with van der Waals surface area (Å²) in [5.74, 6) is 0.497. The van der Waals surface area contributed by atoms with Crippen molar-refractivity contribution >= 4 is 33.7 Å². The van der Waals surface area contributed by atoms with Gasteiger partial charge in [-0.2, -0.15) is 5.10 Å². The fraction of sp³-hybridized carbons (Fsp3) is 0.176. The molecule has 4 aromatic rings. The maximum absolute atomic E-state index is 11.5. The molecule has 4 rings (SSSR count). The zero-order valence-electron chi connectivity index (χ0n) is 14.0. The van der Waals surface area contributed by atoms with Gasteiger partial charge >= 0.3 is 0 Å². The third kappa shape index (κ3) is 2.64. The molecule has 0 saturated carbocycles. The van der Waals surface area contributed by atoms with Crippen molar-refractivity contribution in [3.63, 3.8) is 0 Å². The number of benzene rings is 1. The van der Waals surface area contributed by atoms with Crippen LogP contribution in [0.15, 0.2) is 30.5 Å². The topological polar surface area (TPSA) is 137 Å². The number of carbonyl (C=O) groups excluding carboxylic acids is 1. The van der Waals surface area contributed by atoms with Crippen molar-refractivity contribution in [2.24, 2.45) is 0 Å². The number of aliphatic hydroxyl groups is 1. The van der Waals surface area contributed by atoms with E-state index in [9.17, 15) is 4.79 Å². The first-order valence-corrected chi connectivity index (χ1v) is 7.99. The smallest absolute Gasteiger partial charge is 0.248 e. The molecule has 3 heterocycles. The number of amides is 1. The quantitative estimate of drug-likeness (QED) is 0.433. The zero-order valence-corrected chi connectivity index (χ0v) is 14.0. The highest BCUT2D eigenvalue weighted by Gasteiger charge is 2.15. The molecular formula is C17H17N7O2. The third-order valence-corrected chi connectivity index (χ3v) is 4.25. The molecule has 9 nitrogen and oxygen atoms in total. The predicted molar refractivity (Wildman–Crippen MR) is 96.9 cm³/mol. The highest BCUT2D eigenvalue weighted by atomic mass is 16.3. The Morgan fingerprint density at radius 2 is 2.15 bits per heavy atom. The van der Waals surface area contributed by atoms with Crippen molar-refractivity contribution < 1.29 is 9.90 Å². The van der Waals surface area contributed by atoms with Gasteiger partial charge in [-0.3, -0.25) is 9.89 Å². The van der Waals surface area contributed by atoms with Gasteiger partial charge in [-0.05, 0) is 18.2 Å². The summed E-state index contributed by atoms with van der Waals surface area (Å²) in [6, 6.07) is 7.70. The molecule has 0 aliphatic heterocycles. The van der Waals surface area contributed by atoms with Crippen molar-refractivity contribution in [3.05, 3.63) is 36.3 Å². The van der Waals surface area contributed by atoms with Gasteiger partial charge in [0.1, 0.15) is 17.9 Å².